The third kappa shape index (κ3) is 9.44. The maximum Gasteiger partial charge on any atom is 0.325 e. The number of hydrogen-bond acceptors (Lipinski definition) is 18. The van der Waals surface area contributed by atoms with Crippen molar-refractivity contribution in [3.8, 4) is 17.2 Å². The zero-order chi connectivity index (χ0) is 41.7. The lowest BCUT2D eigenvalue weighted by Crippen LogP contribution is -2.54. The van der Waals surface area contributed by atoms with E-state index in [9.17, 15) is 39.6 Å². The van der Waals surface area contributed by atoms with Gasteiger partial charge in [-0.1, -0.05) is 12.1 Å². The normalized spacial score (nSPS) is 25.3. The quantitative estimate of drug-likeness (QED) is 0.0546. The molecule has 2 aliphatic carbocycles. The predicted octanol–water partition coefficient (Wildman–Crippen LogP) is -0.0771. The molecular formula is C38H51N3O15S. The van der Waals surface area contributed by atoms with E-state index in [1.54, 1.807) is 6.92 Å². The number of carbonyl (C=O) groups is 4. The second-order valence-electron chi connectivity index (χ2n) is 14.3. The smallest absolute Gasteiger partial charge is 0.325 e. The fourth-order valence-electron chi connectivity index (χ4n) is 7.11. The Hall–Kier alpha value is -3.73. The summed E-state index contributed by atoms with van der Waals surface area (Å²) < 4.78 is 33.8. The minimum atomic E-state index is -2.14. The molecule has 0 bridgehead atoms. The van der Waals surface area contributed by atoms with Gasteiger partial charge in [0.15, 0.2) is 17.9 Å². The third-order valence-corrected chi connectivity index (χ3v) is 11.4. The summed E-state index contributed by atoms with van der Waals surface area (Å²) in [5.74, 6) is -4.36. The number of ether oxygens (including phenoxy) is 6. The number of nitrogens with two attached hydrogens (primary N) is 3. The van der Waals surface area contributed by atoms with Gasteiger partial charge in [-0.2, -0.15) is 11.8 Å². The summed E-state index contributed by atoms with van der Waals surface area (Å²) in [6.07, 6.45) is -4.98. The van der Waals surface area contributed by atoms with E-state index in [0.29, 0.717) is 5.75 Å². The molecule has 11 N–H and O–H groups in total. The van der Waals surface area contributed by atoms with Gasteiger partial charge in [0, 0.05) is 67.3 Å². The summed E-state index contributed by atoms with van der Waals surface area (Å²) in [6.45, 7) is 2.71. The van der Waals surface area contributed by atoms with Crippen LogP contribution >= 0.6 is 11.8 Å². The molecule has 0 radical (unpaired) electrons. The van der Waals surface area contributed by atoms with Gasteiger partial charge in [0.2, 0.25) is 5.78 Å². The number of benzene rings is 2. The van der Waals surface area contributed by atoms with Gasteiger partial charge in [-0.15, -0.1) is 0 Å². The maximum atomic E-state index is 13.9. The highest BCUT2D eigenvalue weighted by molar-refractivity contribution is 7.99. The van der Waals surface area contributed by atoms with Gasteiger partial charge in [0.25, 0.3) is 0 Å². The molecule has 19 heteroatoms. The van der Waals surface area contributed by atoms with Crippen LogP contribution in [0.4, 0.5) is 0 Å². The number of carboxylic acid groups (broad SMARTS) is 1. The first-order valence-corrected chi connectivity index (χ1v) is 19.6. The van der Waals surface area contributed by atoms with Gasteiger partial charge < -0.3 is 71.2 Å². The van der Waals surface area contributed by atoms with Crippen LogP contribution in [0, 0.1) is 0 Å². The Labute approximate surface area is 332 Å². The molecule has 1 heterocycles. The van der Waals surface area contributed by atoms with E-state index in [1.165, 1.54) is 37.1 Å². The average Bonchev–Trinajstić information content (AvgIpc) is 3.18. The van der Waals surface area contributed by atoms with Crippen LogP contribution in [0.15, 0.2) is 18.2 Å². The average molecular weight is 822 g/mol. The van der Waals surface area contributed by atoms with Gasteiger partial charge in [-0.25, -0.2) is 0 Å². The fourth-order valence-corrected chi connectivity index (χ4v) is 7.95. The topological polar surface area (TPSA) is 303 Å². The molecule has 1 fully saturated rings. The van der Waals surface area contributed by atoms with E-state index in [1.807, 2.05) is 0 Å². The van der Waals surface area contributed by atoms with Gasteiger partial charge in [-0.3, -0.25) is 19.2 Å². The summed E-state index contributed by atoms with van der Waals surface area (Å²) in [7, 11) is 1.33. The molecule has 0 spiro atoms. The molecule has 1 unspecified atom stereocenters. The van der Waals surface area contributed by atoms with Crippen LogP contribution in [0.1, 0.15) is 75.3 Å². The Kier molecular flexibility index (Phi) is 14.7. The lowest BCUT2D eigenvalue weighted by molar-refractivity contribution is -0.247. The zero-order valence-corrected chi connectivity index (χ0v) is 32.6. The van der Waals surface area contributed by atoms with Crippen LogP contribution in [0.5, 0.6) is 17.2 Å². The number of aliphatic hydroxyl groups excluding tert-OH is 1. The number of rotatable bonds is 20. The first kappa shape index (κ1) is 44.4. The number of aliphatic hydroxyl groups is 2. The Balaban J connectivity index is 1.23. The van der Waals surface area contributed by atoms with Crippen molar-refractivity contribution in [3.05, 3.63) is 51.6 Å². The van der Waals surface area contributed by atoms with Crippen LogP contribution in [0.25, 0.3) is 0 Å². The standard InChI is InChI=1S/C38H51N3O15S/c1-19-31(43)22(40)14-26(55-19)56-24-16-38(50,25(42)17-57-13-12-54-11-10-53-9-8-52-7-6-37(41,18-39)36(48)49)15-21-28(24)35(47)30-29(33(21)45)32(44)20-4-3-5-23(51-2)27(20)34(30)46/h3-5,19,22,24,26,31,43,45,47,50H,6-18,39-41H2,1-2H3,(H,48,49)/t19-,22-,24+,26-,31-,37?,38+/m1/s1. The SMILES string of the molecule is COc1cccc2c1C(=O)c1c(O)c3c(c(O)c1C2=O)C[C@@](O)(C(=O)CSCCOCCOCCOCCC(N)(CN)C(=O)O)C[C@@H]3O[C@@H]1C[C@@H](N)[C@H](O)[C@@H](C)O1. The molecule has 2 aromatic carbocycles. The lowest BCUT2D eigenvalue weighted by atomic mass is 9.72. The molecule has 18 nitrogen and oxygen atoms in total. The van der Waals surface area contributed by atoms with Crippen LogP contribution in [0.3, 0.4) is 0 Å². The molecule has 0 saturated carbocycles. The number of ketones is 3. The summed E-state index contributed by atoms with van der Waals surface area (Å²) >= 11 is 1.19. The van der Waals surface area contributed by atoms with Crippen molar-refractivity contribution >= 4 is 35.1 Å². The molecule has 57 heavy (non-hydrogen) atoms. The number of thioether (sulfide) groups is 1. The van der Waals surface area contributed by atoms with Crippen LogP contribution < -0.4 is 21.9 Å². The monoisotopic (exact) mass is 821 g/mol. The van der Waals surface area contributed by atoms with E-state index in [2.05, 4.69) is 0 Å². The van der Waals surface area contributed by atoms with Gasteiger partial charge in [-0.05, 0) is 13.0 Å². The van der Waals surface area contributed by atoms with Crippen molar-refractivity contribution in [2.45, 2.75) is 74.4 Å². The number of hydrogen-bond donors (Lipinski definition) is 8. The largest absolute Gasteiger partial charge is 0.507 e. The van der Waals surface area contributed by atoms with E-state index in [-0.39, 0.29) is 92.8 Å². The van der Waals surface area contributed by atoms with E-state index >= 15 is 0 Å². The maximum absolute atomic E-state index is 13.9. The zero-order valence-electron chi connectivity index (χ0n) is 31.8. The van der Waals surface area contributed by atoms with Crippen LogP contribution in [-0.4, -0.2) is 149 Å². The second kappa shape index (κ2) is 18.9. The van der Waals surface area contributed by atoms with Crippen molar-refractivity contribution in [3.63, 3.8) is 0 Å². The number of aliphatic carboxylic acids is 1. The Morgan fingerprint density at radius 2 is 1.65 bits per heavy atom. The summed E-state index contributed by atoms with van der Waals surface area (Å²) in [4.78, 5) is 52.7. The fraction of sp³-hybridized carbons (Fsp3) is 0.579. The van der Waals surface area contributed by atoms with Crippen LogP contribution in [-0.2, 0) is 39.7 Å². The minimum Gasteiger partial charge on any atom is -0.507 e. The number of phenols is 2. The number of fused-ring (bicyclic) bond motifs is 3. The summed E-state index contributed by atoms with van der Waals surface area (Å²) in [5, 5.41) is 54.9. The minimum absolute atomic E-state index is 0.0112. The molecule has 314 valence electrons. The predicted molar refractivity (Wildman–Crippen MR) is 203 cm³/mol. The molecule has 0 amide bonds. The number of phenolic OH excluding ortho intramolecular Hbond substituents is 2. The van der Waals surface area contributed by atoms with Crippen LogP contribution in [0.2, 0.25) is 0 Å². The number of carboxylic acids is 1. The molecule has 7 atom stereocenters. The van der Waals surface area contributed by atoms with Gasteiger partial charge in [0.05, 0.1) is 80.9 Å². The highest BCUT2D eigenvalue weighted by Crippen LogP contribution is 2.52. The number of Topliss-reactive ketones (excluding diaryl/α,β-unsaturated/α-hetero) is 1. The van der Waals surface area contributed by atoms with Crippen molar-refractivity contribution < 1.29 is 73.1 Å². The van der Waals surface area contributed by atoms with E-state index in [0.717, 1.165) is 0 Å². The molecule has 1 saturated heterocycles. The molecule has 3 aliphatic rings. The second-order valence-corrected chi connectivity index (χ2v) is 15.4. The Bertz CT molecular complexity index is 1820. The van der Waals surface area contributed by atoms with E-state index < -0.39 is 101 Å². The highest BCUT2D eigenvalue weighted by atomic mass is 32.2. The summed E-state index contributed by atoms with van der Waals surface area (Å²) in [6, 6.07) is 3.65. The third-order valence-electron chi connectivity index (χ3n) is 10.5. The molecular weight excluding hydrogens is 770 g/mol. The van der Waals surface area contributed by atoms with Gasteiger partial charge in [0.1, 0.15) is 28.4 Å². The van der Waals surface area contributed by atoms with Gasteiger partial charge >= 0.3 is 5.97 Å². The van der Waals surface area contributed by atoms with Crippen molar-refractivity contribution in [1.29, 1.82) is 0 Å². The molecule has 1 aliphatic heterocycles. The molecule has 2 aromatic rings. The Morgan fingerprint density at radius 3 is 2.28 bits per heavy atom. The van der Waals surface area contributed by atoms with Crippen molar-refractivity contribution in [1.82, 2.24) is 0 Å². The van der Waals surface area contributed by atoms with Crippen molar-refractivity contribution in [2.75, 3.05) is 64.8 Å². The molecule has 0 aromatic heterocycles. The number of carbonyl (C=O) groups excluding carboxylic acids is 3. The summed E-state index contributed by atoms with van der Waals surface area (Å²) in [5.41, 5.74) is 12.3. The number of methoxy groups -OCH3 is 1. The number of aromatic hydroxyl groups is 2. The first-order valence-electron chi connectivity index (χ1n) is 18.5. The Morgan fingerprint density at radius 1 is 1.00 bits per heavy atom. The van der Waals surface area contributed by atoms with E-state index in [4.69, 9.17) is 50.7 Å². The highest BCUT2D eigenvalue weighted by Gasteiger charge is 2.50. The lowest BCUT2D eigenvalue weighted by Gasteiger charge is -2.42. The van der Waals surface area contributed by atoms with Crippen molar-refractivity contribution in [2.24, 2.45) is 17.2 Å². The molecule has 5 rings (SSSR count). The first-order chi connectivity index (χ1) is 27.1.